The van der Waals surface area contributed by atoms with Crippen molar-refractivity contribution in [1.82, 2.24) is 19.9 Å². The summed E-state index contributed by atoms with van der Waals surface area (Å²) in [6.45, 7) is 0. The molecule has 6 heteroatoms. The van der Waals surface area contributed by atoms with Gasteiger partial charge in [0.15, 0.2) is 34.2 Å². The maximum absolute atomic E-state index is 6.41. The average molecular weight is 643 g/mol. The molecule has 0 radical (unpaired) electrons. The quantitative estimate of drug-likeness (QED) is 0.186. The van der Waals surface area contributed by atoms with Gasteiger partial charge in [0.1, 0.15) is 5.58 Å². The van der Waals surface area contributed by atoms with Crippen molar-refractivity contribution >= 4 is 43.8 Å². The van der Waals surface area contributed by atoms with Gasteiger partial charge in [-0.3, -0.25) is 0 Å². The predicted octanol–water partition coefficient (Wildman–Crippen LogP) is 11.4. The van der Waals surface area contributed by atoms with E-state index in [9.17, 15) is 0 Å². The Morgan fingerprint density at radius 2 is 0.900 bits per heavy atom. The first-order valence-corrected chi connectivity index (χ1v) is 16.5. The zero-order valence-corrected chi connectivity index (χ0v) is 26.6. The number of hydrogen-bond donors (Lipinski definition) is 0. The summed E-state index contributed by atoms with van der Waals surface area (Å²) in [5.74, 6) is 2.25. The van der Waals surface area contributed by atoms with Crippen LogP contribution >= 0.6 is 0 Å². The van der Waals surface area contributed by atoms with Crippen molar-refractivity contribution in [3.8, 4) is 56.7 Å². The van der Waals surface area contributed by atoms with E-state index in [-0.39, 0.29) is 0 Å². The van der Waals surface area contributed by atoms with Crippen LogP contribution in [0.25, 0.3) is 101 Å². The average Bonchev–Trinajstić information content (AvgIpc) is 3.79. The minimum atomic E-state index is 0.494. The molecule has 0 bridgehead atoms. The molecular formula is C44H26N4O2. The van der Waals surface area contributed by atoms with Crippen LogP contribution in [0.15, 0.2) is 167 Å². The molecule has 0 aliphatic carbocycles. The van der Waals surface area contributed by atoms with Gasteiger partial charge in [-0.15, -0.1) is 0 Å². The molecule has 50 heavy (non-hydrogen) atoms. The maximum atomic E-state index is 6.41. The Hall–Kier alpha value is -6.92. The SMILES string of the molecule is c1ccc(-c2cccc(-c3nc(-c4ccccc4)nc(-c4cccc(-c5nc6c(ccc7c8cc9ccccc9cc8oc76)o5)c4)n3)c2)cc1. The monoisotopic (exact) mass is 642 g/mol. The summed E-state index contributed by atoms with van der Waals surface area (Å²) < 4.78 is 12.8. The van der Waals surface area contributed by atoms with Gasteiger partial charge >= 0.3 is 0 Å². The van der Waals surface area contributed by atoms with Crippen molar-refractivity contribution in [1.29, 1.82) is 0 Å². The van der Waals surface area contributed by atoms with Gasteiger partial charge in [0, 0.05) is 33.0 Å². The largest absolute Gasteiger partial charge is 0.454 e. The Morgan fingerprint density at radius 1 is 0.340 bits per heavy atom. The van der Waals surface area contributed by atoms with Crippen LogP contribution in [0.1, 0.15) is 0 Å². The van der Waals surface area contributed by atoms with Gasteiger partial charge in [0.05, 0.1) is 0 Å². The molecule has 234 valence electrons. The fourth-order valence-corrected chi connectivity index (χ4v) is 6.64. The Morgan fingerprint density at radius 3 is 1.62 bits per heavy atom. The van der Waals surface area contributed by atoms with Crippen molar-refractivity contribution in [2.75, 3.05) is 0 Å². The molecule has 0 N–H and O–H groups in total. The molecule has 6 nitrogen and oxygen atoms in total. The molecule has 0 fully saturated rings. The summed E-state index contributed by atoms with van der Waals surface area (Å²) in [6.07, 6.45) is 0. The van der Waals surface area contributed by atoms with E-state index in [2.05, 4.69) is 54.6 Å². The molecule has 0 saturated carbocycles. The van der Waals surface area contributed by atoms with E-state index >= 15 is 0 Å². The minimum Gasteiger partial charge on any atom is -0.454 e. The Kier molecular flexibility index (Phi) is 6.39. The van der Waals surface area contributed by atoms with Gasteiger partial charge in [-0.25, -0.2) is 19.9 Å². The summed E-state index contributed by atoms with van der Waals surface area (Å²) in [4.78, 5) is 19.9. The minimum absolute atomic E-state index is 0.494. The number of nitrogens with zero attached hydrogens (tertiary/aromatic N) is 4. The highest BCUT2D eigenvalue weighted by atomic mass is 16.4. The summed E-state index contributed by atoms with van der Waals surface area (Å²) >= 11 is 0. The van der Waals surface area contributed by atoms with E-state index in [0.717, 1.165) is 55.1 Å². The van der Waals surface area contributed by atoms with Gasteiger partial charge in [0.25, 0.3) is 0 Å². The molecule has 0 spiro atoms. The lowest BCUT2D eigenvalue weighted by Gasteiger charge is -2.10. The number of furan rings is 1. The molecule has 0 unspecified atom stereocenters. The molecule has 0 aliphatic heterocycles. The highest BCUT2D eigenvalue weighted by molar-refractivity contribution is 6.15. The van der Waals surface area contributed by atoms with Gasteiger partial charge in [-0.05, 0) is 64.4 Å². The first-order chi connectivity index (χ1) is 24.7. The third kappa shape index (κ3) is 4.81. The van der Waals surface area contributed by atoms with Crippen LogP contribution < -0.4 is 0 Å². The molecular weight excluding hydrogens is 617 g/mol. The third-order valence-electron chi connectivity index (χ3n) is 9.13. The van der Waals surface area contributed by atoms with Crippen LogP contribution in [0.5, 0.6) is 0 Å². The molecule has 3 aromatic heterocycles. The molecule has 10 aromatic rings. The number of benzene rings is 7. The maximum Gasteiger partial charge on any atom is 0.227 e. The van der Waals surface area contributed by atoms with Crippen LogP contribution in [0.4, 0.5) is 0 Å². The Balaban J connectivity index is 1.09. The number of aromatic nitrogens is 4. The zero-order chi connectivity index (χ0) is 33.0. The second-order valence-corrected chi connectivity index (χ2v) is 12.3. The first kappa shape index (κ1) is 28.1. The van der Waals surface area contributed by atoms with Crippen molar-refractivity contribution in [2.24, 2.45) is 0 Å². The van der Waals surface area contributed by atoms with E-state index in [1.807, 2.05) is 103 Å². The lowest BCUT2D eigenvalue weighted by molar-refractivity contribution is 0.620. The predicted molar refractivity (Wildman–Crippen MR) is 199 cm³/mol. The Labute approximate surface area is 286 Å². The lowest BCUT2D eigenvalue weighted by Crippen LogP contribution is -2.00. The highest BCUT2D eigenvalue weighted by Gasteiger charge is 2.18. The van der Waals surface area contributed by atoms with E-state index in [1.165, 1.54) is 5.39 Å². The molecule has 0 amide bonds. The topological polar surface area (TPSA) is 77.8 Å². The molecule has 7 aromatic carbocycles. The Bertz CT molecular complexity index is 2880. The van der Waals surface area contributed by atoms with E-state index in [1.54, 1.807) is 0 Å². The van der Waals surface area contributed by atoms with Crippen molar-refractivity contribution in [3.63, 3.8) is 0 Å². The van der Waals surface area contributed by atoms with Gasteiger partial charge < -0.3 is 8.83 Å². The van der Waals surface area contributed by atoms with Crippen LogP contribution in [-0.4, -0.2) is 19.9 Å². The zero-order valence-electron chi connectivity index (χ0n) is 26.6. The van der Waals surface area contributed by atoms with Crippen LogP contribution in [0, 0.1) is 0 Å². The summed E-state index contributed by atoms with van der Waals surface area (Å²) in [5.41, 5.74) is 8.57. The highest BCUT2D eigenvalue weighted by Crippen LogP contribution is 2.38. The molecule has 0 saturated heterocycles. The van der Waals surface area contributed by atoms with Gasteiger partial charge in [0.2, 0.25) is 5.89 Å². The fourth-order valence-electron chi connectivity index (χ4n) is 6.64. The van der Waals surface area contributed by atoms with E-state index in [4.69, 9.17) is 28.8 Å². The molecule has 10 rings (SSSR count). The summed E-state index contributed by atoms with van der Waals surface area (Å²) in [7, 11) is 0. The fraction of sp³-hybridized carbons (Fsp3) is 0. The van der Waals surface area contributed by atoms with Crippen LogP contribution in [0.2, 0.25) is 0 Å². The van der Waals surface area contributed by atoms with Gasteiger partial charge in [-0.1, -0.05) is 115 Å². The third-order valence-corrected chi connectivity index (χ3v) is 9.13. The molecule has 0 atom stereocenters. The summed E-state index contributed by atoms with van der Waals surface area (Å²) in [5, 5.41) is 4.37. The van der Waals surface area contributed by atoms with Crippen molar-refractivity contribution < 1.29 is 8.83 Å². The standard InChI is InChI=1S/C44H26N4O2/c1-3-11-27(12-4-1)29-17-9-18-32(23-29)42-46-41(28-13-5-2-6-14-28)47-43(48-42)33-19-10-20-34(24-33)44-45-39-37(50-44)22-21-35-36-25-30-15-7-8-16-31(30)26-38(36)49-40(35)39/h1-26H. The molecule has 3 heterocycles. The van der Waals surface area contributed by atoms with Crippen molar-refractivity contribution in [2.45, 2.75) is 0 Å². The number of hydrogen-bond acceptors (Lipinski definition) is 6. The second kappa shape index (κ2) is 11.4. The first-order valence-electron chi connectivity index (χ1n) is 16.5. The lowest BCUT2D eigenvalue weighted by atomic mass is 10.0. The van der Waals surface area contributed by atoms with Crippen molar-refractivity contribution in [3.05, 3.63) is 158 Å². The summed E-state index contributed by atoms with van der Waals surface area (Å²) in [6, 6.07) is 53.2. The van der Waals surface area contributed by atoms with Crippen LogP contribution in [0.3, 0.4) is 0 Å². The smallest absolute Gasteiger partial charge is 0.227 e. The number of rotatable bonds is 5. The molecule has 0 aliphatic rings. The number of oxazole rings is 1. The van der Waals surface area contributed by atoms with E-state index < -0.39 is 0 Å². The van der Waals surface area contributed by atoms with Crippen LogP contribution in [-0.2, 0) is 0 Å². The second-order valence-electron chi connectivity index (χ2n) is 12.3. The van der Waals surface area contributed by atoms with Gasteiger partial charge in [-0.2, -0.15) is 0 Å². The van der Waals surface area contributed by atoms with E-state index in [0.29, 0.717) is 40.0 Å². The normalized spacial score (nSPS) is 11.6. The number of fused-ring (bicyclic) bond motifs is 6.